The van der Waals surface area contributed by atoms with Gasteiger partial charge in [-0.2, -0.15) is 0 Å². The molecule has 0 atom stereocenters. The molecule has 0 saturated heterocycles. The number of hydrogen-bond donors (Lipinski definition) is 0. The lowest BCUT2D eigenvalue weighted by Crippen LogP contribution is -1.79. The Hall–Kier alpha value is -1.71. The Bertz CT molecular complexity index is 317. The first-order valence-corrected chi connectivity index (χ1v) is 3.16. The van der Waals surface area contributed by atoms with Crippen LogP contribution in [0.3, 0.4) is 0 Å². The molecule has 0 N–H and O–H groups in total. The number of nitrogens with zero attached hydrogens (tertiary/aromatic N) is 3. The molecule has 0 bridgehead atoms. The maximum Gasteiger partial charge on any atom is 0.153 e. The molecular formula is C7H5N3O. The molecule has 0 fully saturated rings. The predicted octanol–water partition coefficient (Wildman–Crippen LogP) is 1.13. The van der Waals surface area contributed by atoms with Gasteiger partial charge in [-0.1, -0.05) is 11.2 Å². The van der Waals surface area contributed by atoms with Crippen molar-refractivity contribution in [1.29, 1.82) is 0 Å². The largest absolute Gasteiger partial charge is 0.254 e. The van der Waals surface area contributed by atoms with Crippen molar-refractivity contribution in [2.24, 2.45) is 0 Å². The molecule has 0 saturated carbocycles. The number of aromatic nitrogens is 3. The lowest BCUT2D eigenvalue weighted by molar-refractivity contribution is 0.308. The molecule has 0 unspecified atom stereocenters. The minimum absolute atomic E-state index is 0.658. The van der Waals surface area contributed by atoms with Gasteiger partial charge in [-0.15, -0.1) is 0 Å². The third kappa shape index (κ3) is 1.10. The van der Waals surface area contributed by atoms with Crippen molar-refractivity contribution in [1.82, 2.24) is 15.3 Å². The molecule has 0 aliphatic rings. The fourth-order valence-corrected chi connectivity index (χ4v) is 0.792. The zero-order valence-corrected chi connectivity index (χ0v) is 5.64. The average Bonchev–Trinajstić information content (AvgIpc) is 2.58. The lowest BCUT2D eigenvalue weighted by atomic mass is 10.3. The first kappa shape index (κ1) is 6.03. The highest BCUT2D eigenvalue weighted by Gasteiger charge is 2.00. The van der Waals surface area contributed by atoms with Crippen LogP contribution in [0.25, 0.3) is 11.4 Å². The van der Waals surface area contributed by atoms with E-state index in [-0.39, 0.29) is 0 Å². The van der Waals surface area contributed by atoms with E-state index in [4.69, 9.17) is 0 Å². The van der Waals surface area contributed by atoms with Crippen molar-refractivity contribution in [3.05, 3.63) is 30.6 Å². The van der Waals surface area contributed by atoms with Gasteiger partial charge >= 0.3 is 0 Å². The van der Waals surface area contributed by atoms with Gasteiger partial charge in [-0.3, -0.25) is 4.98 Å². The van der Waals surface area contributed by atoms with E-state index in [1.807, 2.05) is 18.2 Å². The highest BCUT2D eigenvalue weighted by molar-refractivity contribution is 5.50. The minimum Gasteiger partial charge on any atom is -0.254 e. The SMILES string of the molecule is c1ccc(-c2cnon2)nc1. The van der Waals surface area contributed by atoms with Crippen LogP contribution < -0.4 is 0 Å². The van der Waals surface area contributed by atoms with Crippen LogP contribution in [0.2, 0.25) is 0 Å². The van der Waals surface area contributed by atoms with Crippen molar-refractivity contribution in [3.63, 3.8) is 0 Å². The zero-order chi connectivity index (χ0) is 7.52. The summed E-state index contributed by atoms with van der Waals surface area (Å²) in [6.45, 7) is 0. The maximum atomic E-state index is 4.43. The number of hydrogen-bond acceptors (Lipinski definition) is 4. The Kier molecular flexibility index (Phi) is 1.37. The molecule has 11 heavy (non-hydrogen) atoms. The summed E-state index contributed by atoms with van der Waals surface area (Å²) < 4.78 is 4.43. The lowest BCUT2D eigenvalue weighted by Gasteiger charge is -1.88. The quantitative estimate of drug-likeness (QED) is 0.606. The standard InChI is InChI=1S/C7H5N3O/c1-2-4-8-6(3-1)7-5-9-11-10-7/h1-5H. The summed E-state index contributed by atoms with van der Waals surface area (Å²) >= 11 is 0. The first-order valence-electron chi connectivity index (χ1n) is 3.16. The molecule has 4 nitrogen and oxygen atoms in total. The van der Waals surface area contributed by atoms with Gasteiger partial charge in [0.2, 0.25) is 0 Å². The van der Waals surface area contributed by atoms with Crippen LogP contribution in [0, 0.1) is 0 Å². The average molecular weight is 147 g/mol. The summed E-state index contributed by atoms with van der Waals surface area (Å²) in [6, 6.07) is 5.58. The van der Waals surface area contributed by atoms with Gasteiger partial charge in [0.1, 0.15) is 6.20 Å². The van der Waals surface area contributed by atoms with Gasteiger partial charge in [0.15, 0.2) is 5.69 Å². The smallest absolute Gasteiger partial charge is 0.153 e. The van der Waals surface area contributed by atoms with Gasteiger partial charge in [-0.25, -0.2) is 4.63 Å². The normalized spacial score (nSPS) is 9.82. The summed E-state index contributed by atoms with van der Waals surface area (Å²) in [5, 5.41) is 7.11. The van der Waals surface area contributed by atoms with E-state index in [9.17, 15) is 0 Å². The topological polar surface area (TPSA) is 51.8 Å². The first-order chi connectivity index (χ1) is 5.47. The summed E-state index contributed by atoms with van der Waals surface area (Å²) in [5.74, 6) is 0. The second-order valence-electron chi connectivity index (χ2n) is 2.01. The van der Waals surface area contributed by atoms with Gasteiger partial charge in [0, 0.05) is 6.20 Å². The second-order valence-corrected chi connectivity index (χ2v) is 2.01. The highest BCUT2D eigenvalue weighted by atomic mass is 16.6. The van der Waals surface area contributed by atoms with Crippen molar-refractivity contribution in [3.8, 4) is 11.4 Å². The number of pyridine rings is 1. The Labute approximate surface area is 62.8 Å². The van der Waals surface area contributed by atoms with E-state index >= 15 is 0 Å². The van der Waals surface area contributed by atoms with E-state index in [0.717, 1.165) is 5.69 Å². The summed E-state index contributed by atoms with van der Waals surface area (Å²) in [6.07, 6.45) is 3.23. The molecule has 0 radical (unpaired) electrons. The van der Waals surface area contributed by atoms with E-state index in [1.165, 1.54) is 6.20 Å². The molecule has 4 heteroatoms. The van der Waals surface area contributed by atoms with E-state index in [1.54, 1.807) is 6.20 Å². The van der Waals surface area contributed by atoms with Gasteiger partial charge in [-0.05, 0) is 17.3 Å². The van der Waals surface area contributed by atoms with E-state index < -0.39 is 0 Å². The molecule has 0 amide bonds. The van der Waals surface area contributed by atoms with Crippen LogP contribution in [0.4, 0.5) is 0 Å². The third-order valence-corrected chi connectivity index (χ3v) is 1.29. The van der Waals surface area contributed by atoms with Crippen LogP contribution in [0.15, 0.2) is 35.2 Å². The van der Waals surface area contributed by atoms with Crippen LogP contribution in [-0.2, 0) is 0 Å². The zero-order valence-electron chi connectivity index (χ0n) is 5.64. The van der Waals surface area contributed by atoms with E-state index in [0.29, 0.717) is 5.69 Å². The van der Waals surface area contributed by atoms with Crippen molar-refractivity contribution < 1.29 is 4.63 Å². The van der Waals surface area contributed by atoms with Gasteiger partial charge in [0.25, 0.3) is 0 Å². The summed E-state index contributed by atoms with van der Waals surface area (Å²) in [4.78, 5) is 4.06. The highest BCUT2D eigenvalue weighted by Crippen LogP contribution is 2.10. The molecule has 0 spiro atoms. The summed E-state index contributed by atoms with van der Waals surface area (Å²) in [5.41, 5.74) is 1.43. The van der Waals surface area contributed by atoms with Crippen LogP contribution in [0.5, 0.6) is 0 Å². The third-order valence-electron chi connectivity index (χ3n) is 1.29. The molecule has 54 valence electrons. The fraction of sp³-hybridized carbons (Fsp3) is 0. The van der Waals surface area contributed by atoms with Crippen LogP contribution >= 0.6 is 0 Å². The van der Waals surface area contributed by atoms with Crippen molar-refractivity contribution in [2.45, 2.75) is 0 Å². The van der Waals surface area contributed by atoms with E-state index in [2.05, 4.69) is 19.9 Å². The fourth-order valence-electron chi connectivity index (χ4n) is 0.792. The Morgan fingerprint density at radius 1 is 1.18 bits per heavy atom. The van der Waals surface area contributed by atoms with Crippen molar-refractivity contribution in [2.75, 3.05) is 0 Å². The Balaban J connectivity index is 2.46. The molecule has 2 aromatic rings. The van der Waals surface area contributed by atoms with Crippen LogP contribution in [0.1, 0.15) is 0 Å². The molecule has 2 rings (SSSR count). The number of rotatable bonds is 1. The molecule has 2 heterocycles. The Morgan fingerprint density at radius 3 is 2.82 bits per heavy atom. The maximum absolute atomic E-state index is 4.43. The van der Waals surface area contributed by atoms with Gasteiger partial charge in [0.05, 0.1) is 5.69 Å². The molecule has 0 aromatic carbocycles. The minimum atomic E-state index is 0.658. The molecule has 0 aliphatic carbocycles. The molecular weight excluding hydrogens is 142 g/mol. The predicted molar refractivity (Wildman–Crippen MR) is 37.5 cm³/mol. The Morgan fingerprint density at radius 2 is 2.18 bits per heavy atom. The van der Waals surface area contributed by atoms with Crippen LogP contribution in [-0.4, -0.2) is 15.3 Å². The molecule has 0 aliphatic heterocycles. The van der Waals surface area contributed by atoms with Gasteiger partial charge < -0.3 is 0 Å². The summed E-state index contributed by atoms with van der Waals surface area (Å²) in [7, 11) is 0. The molecule has 2 aromatic heterocycles. The monoisotopic (exact) mass is 147 g/mol. The van der Waals surface area contributed by atoms with Crippen molar-refractivity contribution >= 4 is 0 Å². The second kappa shape index (κ2) is 2.49.